The zero-order valence-electron chi connectivity index (χ0n) is 18.5. The van der Waals surface area contributed by atoms with Gasteiger partial charge in [0.15, 0.2) is 5.82 Å². The number of aromatic nitrogens is 5. The Labute approximate surface area is 172 Å². The van der Waals surface area contributed by atoms with Gasteiger partial charge in [0.25, 0.3) is 0 Å². The van der Waals surface area contributed by atoms with E-state index in [1.165, 1.54) is 0 Å². The first kappa shape index (κ1) is 20.7. The van der Waals surface area contributed by atoms with E-state index in [1.807, 2.05) is 38.2 Å². The molecule has 6 heteroatoms. The predicted molar refractivity (Wildman–Crippen MR) is 116 cm³/mol. The highest BCUT2D eigenvalue weighted by Gasteiger charge is 2.25. The Morgan fingerprint density at radius 1 is 0.897 bits per heavy atom. The van der Waals surface area contributed by atoms with Crippen LogP contribution in [0, 0.1) is 13.5 Å². The van der Waals surface area contributed by atoms with Gasteiger partial charge in [0.2, 0.25) is 5.69 Å². The maximum Gasteiger partial charge on any atom is 0.234 e. The topological polar surface area (TPSA) is 60.9 Å². The molecule has 0 spiro atoms. The standard InChI is InChI=1S/C23H28N6/c1-14-17(24-8)18(28-29(14)9)15-11-10-12-16(13-15)19-25-20(22(2,3)4)27-21(26-19)23(5,6)7/h10-13H,1-7,9H3. The minimum Gasteiger partial charge on any atom is -0.284 e. The van der Waals surface area contributed by atoms with Gasteiger partial charge in [-0.15, -0.1) is 0 Å². The first-order chi connectivity index (χ1) is 13.4. The van der Waals surface area contributed by atoms with Crippen LogP contribution in [0.2, 0.25) is 0 Å². The highest BCUT2D eigenvalue weighted by Crippen LogP contribution is 2.34. The molecule has 0 saturated carbocycles. The Balaban J connectivity index is 2.20. The Morgan fingerprint density at radius 2 is 1.45 bits per heavy atom. The van der Waals surface area contributed by atoms with Crippen molar-refractivity contribution in [3.8, 4) is 22.6 Å². The maximum absolute atomic E-state index is 7.54. The Hall–Kier alpha value is -3.07. The van der Waals surface area contributed by atoms with E-state index in [1.54, 1.807) is 4.68 Å². The van der Waals surface area contributed by atoms with Gasteiger partial charge in [0.05, 0.1) is 12.3 Å². The van der Waals surface area contributed by atoms with Crippen LogP contribution in [0.4, 0.5) is 5.69 Å². The minimum atomic E-state index is -0.190. The molecular weight excluding hydrogens is 360 g/mol. The van der Waals surface area contributed by atoms with E-state index >= 15 is 0 Å². The lowest BCUT2D eigenvalue weighted by atomic mass is 9.93. The van der Waals surface area contributed by atoms with Crippen molar-refractivity contribution in [2.75, 3.05) is 0 Å². The molecule has 0 bridgehead atoms. The number of aryl methyl sites for hydroxylation is 1. The van der Waals surface area contributed by atoms with Crippen molar-refractivity contribution in [3.63, 3.8) is 0 Å². The highest BCUT2D eigenvalue weighted by atomic mass is 15.3. The number of nitrogens with zero attached hydrogens (tertiary/aromatic N) is 6. The first-order valence-electron chi connectivity index (χ1n) is 9.70. The van der Waals surface area contributed by atoms with Crippen molar-refractivity contribution in [1.82, 2.24) is 24.7 Å². The normalized spacial score (nSPS) is 12.1. The fraction of sp³-hybridized carbons (Fsp3) is 0.435. The molecule has 2 aromatic heterocycles. The average molecular weight is 389 g/mol. The van der Waals surface area contributed by atoms with E-state index in [-0.39, 0.29) is 10.8 Å². The van der Waals surface area contributed by atoms with Crippen LogP contribution in [0.1, 0.15) is 58.9 Å². The molecule has 3 rings (SSSR count). The molecule has 2 heterocycles. The third-order valence-corrected chi connectivity index (χ3v) is 4.79. The molecule has 0 unspecified atom stereocenters. The van der Waals surface area contributed by atoms with Gasteiger partial charge in [-0.05, 0) is 18.6 Å². The molecule has 0 saturated heterocycles. The molecule has 0 aliphatic carbocycles. The Bertz CT molecular complexity index is 1070. The summed E-state index contributed by atoms with van der Waals surface area (Å²) in [6.45, 7) is 22.1. The average Bonchev–Trinajstić information content (AvgIpc) is 2.94. The fourth-order valence-corrected chi connectivity index (χ4v) is 2.91. The summed E-state index contributed by atoms with van der Waals surface area (Å²) in [6, 6.07) is 7.92. The lowest BCUT2D eigenvalue weighted by molar-refractivity contribution is 0.497. The molecule has 0 aliphatic rings. The lowest BCUT2D eigenvalue weighted by Gasteiger charge is -2.22. The van der Waals surface area contributed by atoms with Gasteiger partial charge in [-0.2, -0.15) is 5.10 Å². The quantitative estimate of drug-likeness (QED) is 0.552. The Kier molecular flexibility index (Phi) is 5.04. The van der Waals surface area contributed by atoms with Crippen molar-refractivity contribution in [2.45, 2.75) is 59.3 Å². The van der Waals surface area contributed by atoms with E-state index in [4.69, 9.17) is 21.5 Å². The van der Waals surface area contributed by atoms with Gasteiger partial charge in [0, 0.05) is 29.1 Å². The summed E-state index contributed by atoms with van der Waals surface area (Å²) in [4.78, 5) is 18.0. The molecule has 1 aromatic carbocycles. The van der Waals surface area contributed by atoms with Crippen molar-refractivity contribution >= 4 is 5.69 Å². The van der Waals surface area contributed by atoms with E-state index in [0.29, 0.717) is 17.2 Å². The third kappa shape index (κ3) is 4.04. The summed E-state index contributed by atoms with van der Waals surface area (Å²) in [5.41, 5.74) is 3.50. The molecule has 0 aliphatic heterocycles. The van der Waals surface area contributed by atoms with Gasteiger partial charge in [-0.3, -0.25) is 4.68 Å². The molecule has 0 N–H and O–H groups in total. The van der Waals surface area contributed by atoms with Crippen molar-refractivity contribution in [2.24, 2.45) is 7.05 Å². The smallest absolute Gasteiger partial charge is 0.234 e. The van der Waals surface area contributed by atoms with E-state index in [9.17, 15) is 0 Å². The van der Waals surface area contributed by atoms with Crippen LogP contribution in [-0.4, -0.2) is 24.7 Å². The molecular formula is C23H28N6. The second-order valence-electron chi connectivity index (χ2n) is 9.41. The first-order valence-corrected chi connectivity index (χ1v) is 9.70. The monoisotopic (exact) mass is 388 g/mol. The second kappa shape index (κ2) is 7.07. The lowest BCUT2D eigenvalue weighted by Crippen LogP contribution is -2.24. The van der Waals surface area contributed by atoms with Crippen LogP contribution in [-0.2, 0) is 17.9 Å². The molecule has 3 aromatic rings. The summed E-state index contributed by atoms with van der Waals surface area (Å²) >= 11 is 0. The van der Waals surface area contributed by atoms with Gasteiger partial charge in [-0.25, -0.2) is 19.8 Å². The van der Waals surface area contributed by atoms with E-state index in [2.05, 4.69) is 51.5 Å². The van der Waals surface area contributed by atoms with Crippen LogP contribution in [0.25, 0.3) is 27.5 Å². The summed E-state index contributed by atoms with van der Waals surface area (Å²) < 4.78 is 1.74. The van der Waals surface area contributed by atoms with Crippen LogP contribution >= 0.6 is 0 Å². The molecule has 150 valence electrons. The summed E-state index contributed by atoms with van der Waals surface area (Å²) in [7, 11) is 1.86. The van der Waals surface area contributed by atoms with Gasteiger partial charge in [-0.1, -0.05) is 59.7 Å². The highest BCUT2D eigenvalue weighted by molar-refractivity contribution is 5.79. The third-order valence-electron chi connectivity index (χ3n) is 4.79. The molecule has 29 heavy (non-hydrogen) atoms. The van der Waals surface area contributed by atoms with Gasteiger partial charge in [0.1, 0.15) is 11.6 Å². The predicted octanol–water partition coefficient (Wildman–Crippen LogP) is 5.39. The van der Waals surface area contributed by atoms with Crippen molar-refractivity contribution < 1.29 is 0 Å². The summed E-state index contributed by atoms with van der Waals surface area (Å²) in [5, 5.41) is 4.55. The van der Waals surface area contributed by atoms with Gasteiger partial charge >= 0.3 is 0 Å². The van der Waals surface area contributed by atoms with Crippen LogP contribution in [0.15, 0.2) is 24.3 Å². The molecule has 0 fully saturated rings. The second-order valence-corrected chi connectivity index (χ2v) is 9.41. The maximum atomic E-state index is 7.54. The Morgan fingerprint density at radius 3 is 1.97 bits per heavy atom. The van der Waals surface area contributed by atoms with Crippen LogP contribution < -0.4 is 0 Å². The van der Waals surface area contributed by atoms with Crippen molar-refractivity contribution in [1.29, 1.82) is 0 Å². The minimum absolute atomic E-state index is 0.190. The molecule has 0 amide bonds. The SMILES string of the molecule is [C-]#[N+]c1c(-c2cccc(-c3nc(C(C)(C)C)nc(C(C)(C)C)n3)c2)nn(C)c1C. The van der Waals surface area contributed by atoms with Crippen LogP contribution in [0.5, 0.6) is 0 Å². The van der Waals surface area contributed by atoms with Gasteiger partial charge < -0.3 is 0 Å². The zero-order valence-corrected chi connectivity index (χ0v) is 18.5. The fourth-order valence-electron chi connectivity index (χ4n) is 2.91. The number of benzene rings is 1. The zero-order chi connectivity index (χ0) is 21.6. The van der Waals surface area contributed by atoms with Crippen LogP contribution in [0.3, 0.4) is 0 Å². The van der Waals surface area contributed by atoms with E-state index < -0.39 is 0 Å². The number of hydrogen-bond acceptors (Lipinski definition) is 4. The van der Waals surface area contributed by atoms with E-state index in [0.717, 1.165) is 28.5 Å². The summed E-state index contributed by atoms with van der Waals surface area (Å²) in [6.07, 6.45) is 0. The largest absolute Gasteiger partial charge is 0.284 e. The molecule has 0 radical (unpaired) electrons. The summed E-state index contributed by atoms with van der Waals surface area (Å²) in [5.74, 6) is 2.19. The molecule has 6 nitrogen and oxygen atoms in total. The van der Waals surface area contributed by atoms with Crippen molar-refractivity contribution in [3.05, 3.63) is 53.0 Å². The number of rotatable bonds is 2. The number of hydrogen-bond donors (Lipinski definition) is 0. The molecule has 0 atom stereocenters.